The first-order valence-corrected chi connectivity index (χ1v) is 7.63. The Kier molecular flexibility index (Phi) is 4.56. The average molecular weight is 339 g/mol. The summed E-state index contributed by atoms with van der Waals surface area (Å²) in [6, 6.07) is 7.14. The molecule has 0 aliphatic carbocycles. The Morgan fingerprint density at radius 3 is 3.14 bits per heavy atom. The lowest BCUT2D eigenvalue weighted by Gasteiger charge is -2.34. The minimum absolute atomic E-state index is 0.186. The summed E-state index contributed by atoms with van der Waals surface area (Å²) in [6.45, 7) is 1.76. The molecule has 2 aromatic rings. The van der Waals surface area contributed by atoms with E-state index in [4.69, 9.17) is 33.1 Å². The van der Waals surface area contributed by atoms with Crippen molar-refractivity contribution < 1.29 is 9.26 Å². The zero-order chi connectivity index (χ0) is 15.5. The maximum absolute atomic E-state index is 5.99. The van der Waals surface area contributed by atoms with Crippen LogP contribution in [0.15, 0.2) is 28.8 Å². The summed E-state index contributed by atoms with van der Waals surface area (Å²) in [4.78, 5) is 6.46. The zero-order valence-electron chi connectivity index (χ0n) is 12.0. The van der Waals surface area contributed by atoms with Crippen molar-refractivity contribution >= 4 is 28.9 Å². The Balaban J connectivity index is 1.87. The Morgan fingerprint density at radius 1 is 1.50 bits per heavy atom. The summed E-state index contributed by atoms with van der Waals surface area (Å²) in [5.41, 5.74) is 0.807. The normalized spacial score (nSPS) is 18.3. The van der Waals surface area contributed by atoms with Crippen LogP contribution in [0.5, 0.6) is 0 Å². The fourth-order valence-corrected chi connectivity index (χ4v) is 2.72. The molecule has 1 aromatic heterocycles. The average Bonchev–Trinajstić information content (AvgIpc) is 3.04. The molecule has 0 saturated carbocycles. The predicted octanol–water partition coefficient (Wildman–Crippen LogP) is 2.27. The van der Waals surface area contributed by atoms with Crippen molar-refractivity contribution in [2.75, 3.05) is 26.8 Å². The number of benzene rings is 1. The number of hydrogen-bond acceptors (Lipinski definition) is 5. The van der Waals surface area contributed by atoms with Crippen LogP contribution in [-0.4, -0.2) is 47.0 Å². The summed E-state index contributed by atoms with van der Waals surface area (Å²) in [5.74, 6) is 0.977. The van der Waals surface area contributed by atoms with E-state index in [9.17, 15) is 0 Å². The second-order valence-electron chi connectivity index (χ2n) is 4.81. The highest BCUT2D eigenvalue weighted by Crippen LogP contribution is 2.26. The highest BCUT2D eigenvalue weighted by molar-refractivity contribution is 7.80. The summed E-state index contributed by atoms with van der Waals surface area (Å²) < 4.78 is 10.9. The van der Waals surface area contributed by atoms with Crippen molar-refractivity contribution in [3.05, 3.63) is 35.2 Å². The number of nitrogens with one attached hydrogen (secondary N) is 1. The van der Waals surface area contributed by atoms with Gasteiger partial charge in [0.2, 0.25) is 5.82 Å². The Hall–Kier alpha value is -1.70. The van der Waals surface area contributed by atoms with Crippen LogP contribution < -0.4 is 5.32 Å². The summed E-state index contributed by atoms with van der Waals surface area (Å²) >= 11 is 11.3. The number of thiocarbonyl (C=S) groups is 1. The minimum Gasteiger partial charge on any atom is -0.377 e. The lowest BCUT2D eigenvalue weighted by Crippen LogP contribution is -2.47. The fourth-order valence-electron chi connectivity index (χ4n) is 2.31. The summed E-state index contributed by atoms with van der Waals surface area (Å²) in [7, 11) is 1.79. The van der Waals surface area contributed by atoms with Crippen molar-refractivity contribution in [3.8, 4) is 11.4 Å². The van der Waals surface area contributed by atoms with Crippen LogP contribution in [0.4, 0.5) is 0 Å². The molecule has 0 spiro atoms. The van der Waals surface area contributed by atoms with Crippen molar-refractivity contribution in [2.45, 2.75) is 6.04 Å². The number of hydrogen-bond donors (Lipinski definition) is 1. The number of nitrogens with zero attached hydrogens (tertiary/aromatic N) is 3. The maximum atomic E-state index is 5.99. The first kappa shape index (κ1) is 15.2. The van der Waals surface area contributed by atoms with Crippen molar-refractivity contribution in [2.24, 2.45) is 0 Å². The van der Waals surface area contributed by atoms with E-state index in [1.54, 1.807) is 19.2 Å². The third-order valence-corrected chi connectivity index (χ3v) is 4.09. The minimum atomic E-state index is -0.186. The van der Waals surface area contributed by atoms with Gasteiger partial charge < -0.3 is 19.5 Å². The van der Waals surface area contributed by atoms with Crippen molar-refractivity contribution in [3.63, 3.8) is 0 Å². The van der Waals surface area contributed by atoms with E-state index in [0.29, 0.717) is 41.6 Å². The lowest BCUT2D eigenvalue weighted by molar-refractivity contribution is 0.0138. The van der Waals surface area contributed by atoms with Gasteiger partial charge in [-0.1, -0.05) is 28.9 Å². The van der Waals surface area contributed by atoms with Gasteiger partial charge in [-0.2, -0.15) is 4.98 Å². The molecule has 8 heteroatoms. The molecule has 1 saturated heterocycles. The second-order valence-corrected chi connectivity index (χ2v) is 5.63. The molecule has 0 bridgehead atoms. The topological polar surface area (TPSA) is 63.4 Å². The van der Waals surface area contributed by atoms with E-state index in [-0.39, 0.29) is 6.04 Å². The SMILES string of the molecule is CNC(=S)N1CCOCC1c1nc(-c2cccc(Cl)c2)no1. The van der Waals surface area contributed by atoms with Gasteiger partial charge in [0.15, 0.2) is 5.11 Å². The molecule has 3 rings (SSSR count). The number of ether oxygens (including phenoxy) is 1. The third-order valence-electron chi connectivity index (χ3n) is 3.41. The number of halogens is 1. The zero-order valence-corrected chi connectivity index (χ0v) is 13.5. The van der Waals surface area contributed by atoms with Gasteiger partial charge in [0.05, 0.1) is 13.2 Å². The van der Waals surface area contributed by atoms with Crippen molar-refractivity contribution in [1.82, 2.24) is 20.4 Å². The van der Waals surface area contributed by atoms with Gasteiger partial charge in [-0.05, 0) is 24.4 Å². The van der Waals surface area contributed by atoms with E-state index in [1.807, 2.05) is 17.0 Å². The molecular formula is C14H15ClN4O2S. The van der Waals surface area contributed by atoms with Crippen molar-refractivity contribution in [1.29, 1.82) is 0 Å². The van der Waals surface area contributed by atoms with Gasteiger partial charge in [-0.3, -0.25) is 0 Å². The van der Waals surface area contributed by atoms with Crippen LogP contribution in [0.3, 0.4) is 0 Å². The molecular weight excluding hydrogens is 324 g/mol. The van der Waals surface area contributed by atoms with Crippen LogP contribution in [-0.2, 0) is 4.74 Å². The van der Waals surface area contributed by atoms with E-state index in [0.717, 1.165) is 5.56 Å². The van der Waals surface area contributed by atoms with Crippen LogP contribution in [0.2, 0.25) is 5.02 Å². The standard InChI is InChI=1S/C14H15ClN4O2S/c1-16-14(22)19-5-6-20-8-11(19)13-17-12(18-21-13)9-3-2-4-10(15)7-9/h2-4,7,11H,5-6,8H2,1H3,(H,16,22). The van der Waals surface area contributed by atoms with E-state index in [1.165, 1.54) is 0 Å². The molecule has 22 heavy (non-hydrogen) atoms. The molecule has 1 aliphatic rings. The molecule has 1 aliphatic heterocycles. The highest BCUT2D eigenvalue weighted by Gasteiger charge is 2.31. The Labute approximate surface area is 138 Å². The molecule has 0 radical (unpaired) electrons. The van der Waals surface area contributed by atoms with Gasteiger partial charge in [0.1, 0.15) is 6.04 Å². The number of morpholine rings is 1. The van der Waals surface area contributed by atoms with Crippen LogP contribution in [0.1, 0.15) is 11.9 Å². The molecule has 116 valence electrons. The predicted molar refractivity (Wildman–Crippen MR) is 86.7 cm³/mol. The molecule has 1 aromatic carbocycles. The molecule has 6 nitrogen and oxygen atoms in total. The Bertz CT molecular complexity index is 678. The van der Waals surface area contributed by atoms with Crippen LogP contribution >= 0.6 is 23.8 Å². The third kappa shape index (κ3) is 3.06. The quantitative estimate of drug-likeness (QED) is 0.843. The fraction of sp³-hybridized carbons (Fsp3) is 0.357. The number of rotatable bonds is 2. The highest BCUT2D eigenvalue weighted by atomic mass is 35.5. The molecule has 2 heterocycles. The van der Waals surface area contributed by atoms with E-state index in [2.05, 4.69) is 15.5 Å². The summed E-state index contributed by atoms with van der Waals surface area (Å²) in [6.07, 6.45) is 0. The Morgan fingerprint density at radius 2 is 2.36 bits per heavy atom. The van der Waals surface area contributed by atoms with Gasteiger partial charge in [-0.25, -0.2) is 0 Å². The molecule has 1 N–H and O–H groups in total. The van der Waals surface area contributed by atoms with Crippen LogP contribution in [0, 0.1) is 0 Å². The molecule has 1 atom stereocenters. The van der Waals surface area contributed by atoms with E-state index >= 15 is 0 Å². The monoisotopic (exact) mass is 338 g/mol. The maximum Gasteiger partial charge on any atom is 0.252 e. The van der Waals surface area contributed by atoms with Gasteiger partial charge in [0, 0.05) is 24.2 Å². The smallest absolute Gasteiger partial charge is 0.252 e. The number of aromatic nitrogens is 2. The van der Waals surface area contributed by atoms with Crippen LogP contribution in [0.25, 0.3) is 11.4 Å². The first-order chi connectivity index (χ1) is 10.7. The molecule has 1 fully saturated rings. The molecule has 0 amide bonds. The first-order valence-electron chi connectivity index (χ1n) is 6.84. The molecule has 1 unspecified atom stereocenters. The largest absolute Gasteiger partial charge is 0.377 e. The van der Waals surface area contributed by atoms with Gasteiger partial charge >= 0.3 is 0 Å². The second kappa shape index (κ2) is 6.60. The van der Waals surface area contributed by atoms with Gasteiger partial charge in [-0.15, -0.1) is 0 Å². The van der Waals surface area contributed by atoms with Gasteiger partial charge in [0.25, 0.3) is 5.89 Å². The summed E-state index contributed by atoms with van der Waals surface area (Å²) in [5, 5.41) is 8.27. The lowest BCUT2D eigenvalue weighted by atomic mass is 10.2. The van der Waals surface area contributed by atoms with E-state index < -0.39 is 0 Å².